The maximum atomic E-state index is 11.6. The Bertz CT molecular complexity index is 432. The van der Waals surface area contributed by atoms with E-state index in [0.717, 1.165) is 12.8 Å². The number of amides is 1. The summed E-state index contributed by atoms with van der Waals surface area (Å²) >= 11 is 0.689. The van der Waals surface area contributed by atoms with Gasteiger partial charge in [0.2, 0.25) is 5.91 Å². The highest BCUT2D eigenvalue weighted by molar-refractivity contribution is 8.13. The van der Waals surface area contributed by atoms with E-state index < -0.39 is 28.3 Å². The Kier molecular flexibility index (Phi) is 12.3. The average Bonchev–Trinajstić information content (AvgIpc) is 2.50. The summed E-state index contributed by atoms with van der Waals surface area (Å²) in [6, 6.07) is -1.21. The second-order valence-corrected chi connectivity index (χ2v) is 5.69. The largest absolute Gasteiger partial charge is 0.480 e. The highest BCUT2D eigenvalue weighted by Gasteiger charge is 2.21. The number of rotatable bonds is 13. The minimum atomic E-state index is -1.26. The van der Waals surface area contributed by atoms with E-state index >= 15 is 0 Å². The van der Waals surface area contributed by atoms with Crippen LogP contribution in [0, 0.1) is 10.1 Å². The third kappa shape index (κ3) is 12.5. The molecule has 0 aromatic heterocycles. The summed E-state index contributed by atoms with van der Waals surface area (Å²) in [5.41, 5.74) is 0. The van der Waals surface area contributed by atoms with Crippen LogP contribution in [0.4, 0.5) is 4.79 Å². The summed E-state index contributed by atoms with van der Waals surface area (Å²) in [5.74, 6) is -1.91. The second kappa shape index (κ2) is 13.4. The number of hydrogen-bond donors (Lipinski definition) is 2. The van der Waals surface area contributed by atoms with E-state index in [1.54, 1.807) is 0 Å². The molecular formula is C13H22N2O8S. The van der Waals surface area contributed by atoms with Gasteiger partial charge in [0, 0.05) is 12.2 Å². The van der Waals surface area contributed by atoms with Crippen molar-refractivity contribution in [2.75, 3.05) is 19.0 Å². The zero-order valence-electron chi connectivity index (χ0n) is 13.4. The van der Waals surface area contributed by atoms with Gasteiger partial charge in [0.05, 0.1) is 13.2 Å². The Morgan fingerprint density at radius 1 is 1.25 bits per heavy atom. The number of carbonyl (C=O) groups excluding carboxylic acids is 2. The first kappa shape index (κ1) is 22.0. The third-order valence-electron chi connectivity index (χ3n) is 2.71. The number of unbranched alkanes of at least 4 members (excludes halogenated alkanes) is 2. The molecule has 2 N–H and O–H groups in total. The quantitative estimate of drug-likeness (QED) is 0.215. The minimum Gasteiger partial charge on any atom is -0.480 e. The van der Waals surface area contributed by atoms with Crippen LogP contribution in [0.3, 0.4) is 0 Å². The van der Waals surface area contributed by atoms with Crippen LogP contribution in [0.5, 0.6) is 0 Å². The number of thioether (sulfide) groups is 1. The van der Waals surface area contributed by atoms with Gasteiger partial charge >= 0.3 is 11.3 Å². The summed E-state index contributed by atoms with van der Waals surface area (Å²) in [6.07, 6.45) is 2.23. The van der Waals surface area contributed by atoms with E-state index in [0.29, 0.717) is 24.6 Å². The van der Waals surface area contributed by atoms with Gasteiger partial charge in [-0.2, -0.15) is 0 Å². The van der Waals surface area contributed by atoms with Gasteiger partial charge in [0.15, 0.2) is 0 Å². The molecule has 0 aliphatic carbocycles. The van der Waals surface area contributed by atoms with E-state index in [2.05, 4.69) is 10.2 Å². The van der Waals surface area contributed by atoms with Crippen molar-refractivity contribution in [3.63, 3.8) is 0 Å². The molecule has 0 fully saturated rings. The standard InChI is InChI=1S/C13H22N2O8S/c1-2-3-7-22-13(19)24-9-10(12(17)18)14-11(16)6-4-5-8-23-15(20)21/h10H,2-9H2,1H3,(H,14,16)(H,17,18). The van der Waals surface area contributed by atoms with Gasteiger partial charge in [-0.3, -0.25) is 4.79 Å². The number of carbonyl (C=O) groups is 3. The molecule has 0 aromatic rings. The smallest absolute Gasteiger partial charge is 0.367 e. The highest BCUT2D eigenvalue weighted by atomic mass is 32.2. The molecular weight excluding hydrogens is 344 g/mol. The average molecular weight is 366 g/mol. The van der Waals surface area contributed by atoms with Crippen molar-refractivity contribution in [1.82, 2.24) is 5.32 Å². The van der Waals surface area contributed by atoms with Gasteiger partial charge in [-0.05, 0) is 31.0 Å². The van der Waals surface area contributed by atoms with E-state index in [1.165, 1.54) is 0 Å². The van der Waals surface area contributed by atoms with Gasteiger partial charge in [-0.1, -0.05) is 13.3 Å². The lowest BCUT2D eigenvalue weighted by atomic mass is 10.2. The van der Waals surface area contributed by atoms with Crippen LogP contribution >= 0.6 is 11.8 Å². The first-order valence-corrected chi connectivity index (χ1v) is 8.44. The van der Waals surface area contributed by atoms with Crippen LogP contribution < -0.4 is 5.32 Å². The molecule has 24 heavy (non-hydrogen) atoms. The van der Waals surface area contributed by atoms with Crippen molar-refractivity contribution in [3.8, 4) is 0 Å². The van der Waals surface area contributed by atoms with Gasteiger partial charge in [-0.15, -0.1) is 10.1 Å². The van der Waals surface area contributed by atoms with E-state index in [9.17, 15) is 24.5 Å². The molecule has 1 unspecified atom stereocenters. The topological polar surface area (TPSA) is 145 Å². The van der Waals surface area contributed by atoms with Crippen molar-refractivity contribution in [2.24, 2.45) is 0 Å². The minimum absolute atomic E-state index is 0.0104. The first-order chi connectivity index (χ1) is 11.4. The monoisotopic (exact) mass is 366 g/mol. The van der Waals surface area contributed by atoms with Crippen molar-refractivity contribution in [3.05, 3.63) is 10.1 Å². The van der Waals surface area contributed by atoms with Crippen LogP contribution in [0.25, 0.3) is 0 Å². The van der Waals surface area contributed by atoms with Crippen LogP contribution in [-0.2, 0) is 19.2 Å². The number of carboxylic acid groups (broad SMARTS) is 1. The van der Waals surface area contributed by atoms with E-state index in [4.69, 9.17) is 9.84 Å². The number of nitrogens with one attached hydrogen (secondary N) is 1. The number of aliphatic carboxylic acids is 1. The Morgan fingerprint density at radius 3 is 2.54 bits per heavy atom. The van der Waals surface area contributed by atoms with Crippen LogP contribution in [0.1, 0.15) is 39.0 Å². The molecule has 1 atom stereocenters. The van der Waals surface area contributed by atoms with Gasteiger partial charge in [-0.25, -0.2) is 9.59 Å². The highest BCUT2D eigenvalue weighted by Crippen LogP contribution is 2.09. The lowest BCUT2D eigenvalue weighted by molar-refractivity contribution is -0.757. The molecule has 1 amide bonds. The molecule has 0 aliphatic heterocycles. The fourth-order valence-electron chi connectivity index (χ4n) is 1.46. The molecule has 0 heterocycles. The lowest BCUT2D eigenvalue weighted by Gasteiger charge is -2.13. The molecule has 0 saturated heterocycles. The molecule has 0 radical (unpaired) electrons. The van der Waals surface area contributed by atoms with E-state index in [1.807, 2.05) is 6.92 Å². The molecule has 0 saturated carbocycles. The van der Waals surface area contributed by atoms with Crippen LogP contribution in [0.2, 0.25) is 0 Å². The van der Waals surface area contributed by atoms with Gasteiger partial charge in [0.1, 0.15) is 6.04 Å². The number of ether oxygens (including phenoxy) is 1. The Balaban J connectivity index is 4.01. The summed E-state index contributed by atoms with van der Waals surface area (Å²) < 4.78 is 4.88. The maximum Gasteiger partial charge on any atom is 0.367 e. The predicted octanol–water partition coefficient (Wildman–Crippen LogP) is 1.60. The molecule has 0 aliphatic rings. The van der Waals surface area contributed by atoms with Gasteiger partial charge < -0.3 is 20.0 Å². The Hall–Kier alpha value is -2.04. The van der Waals surface area contributed by atoms with Crippen molar-refractivity contribution >= 4 is 28.9 Å². The first-order valence-electron chi connectivity index (χ1n) is 7.45. The lowest BCUT2D eigenvalue weighted by Crippen LogP contribution is -2.42. The second-order valence-electron chi connectivity index (χ2n) is 4.74. The maximum absolute atomic E-state index is 11.6. The molecule has 0 spiro atoms. The SMILES string of the molecule is CCCCOC(=O)SCC(NC(=O)CCCCO[N+](=O)[O-])C(=O)O. The summed E-state index contributed by atoms with van der Waals surface area (Å²) in [7, 11) is 0. The van der Waals surface area contributed by atoms with Crippen molar-refractivity contribution in [2.45, 2.75) is 45.1 Å². The summed E-state index contributed by atoms with van der Waals surface area (Å²) in [5, 5.41) is 19.8. The Labute approximate surface area is 143 Å². The van der Waals surface area contributed by atoms with Crippen molar-refractivity contribution in [1.29, 1.82) is 0 Å². The summed E-state index contributed by atoms with van der Waals surface area (Å²) in [4.78, 5) is 48.1. The molecule has 0 bridgehead atoms. The summed E-state index contributed by atoms with van der Waals surface area (Å²) in [6.45, 7) is 2.10. The number of hydrogen-bond acceptors (Lipinski definition) is 8. The fraction of sp³-hybridized carbons (Fsp3) is 0.769. The fourth-order valence-corrected chi connectivity index (χ4v) is 2.16. The molecule has 11 heteroatoms. The number of carboxylic acids is 1. The molecule has 0 aromatic carbocycles. The third-order valence-corrected chi connectivity index (χ3v) is 3.57. The van der Waals surface area contributed by atoms with Gasteiger partial charge in [0.25, 0.3) is 5.09 Å². The van der Waals surface area contributed by atoms with E-state index in [-0.39, 0.29) is 25.4 Å². The zero-order valence-corrected chi connectivity index (χ0v) is 14.2. The zero-order chi connectivity index (χ0) is 18.4. The number of nitrogens with zero attached hydrogens (tertiary/aromatic N) is 1. The normalized spacial score (nSPS) is 11.4. The molecule has 138 valence electrons. The van der Waals surface area contributed by atoms with Crippen molar-refractivity contribution < 1.29 is 34.2 Å². The Morgan fingerprint density at radius 2 is 1.96 bits per heavy atom. The van der Waals surface area contributed by atoms with Crippen LogP contribution in [-0.4, -0.2) is 52.4 Å². The predicted molar refractivity (Wildman–Crippen MR) is 85.1 cm³/mol. The van der Waals surface area contributed by atoms with Crippen LogP contribution in [0.15, 0.2) is 0 Å². The molecule has 10 nitrogen and oxygen atoms in total. The molecule has 0 rings (SSSR count).